The van der Waals surface area contributed by atoms with Gasteiger partial charge in [-0.3, -0.25) is 9.89 Å². The molecule has 0 aromatic heterocycles. The number of nitrogens with zero attached hydrogens (tertiary/aromatic N) is 2. The summed E-state index contributed by atoms with van der Waals surface area (Å²) in [7, 11) is 0. The molecule has 1 aromatic rings. The van der Waals surface area contributed by atoms with E-state index in [9.17, 15) is 0 Å². The van der Waals surface area contributed by atoms with Crippen LogP contribution in [0.4, 0.5) is 0 Å². The quantitative estimate of drug-likeness (QED) is 0.490. The van der Waals surface area contributed by atoms with Crippen molar-refractivity contribution in [2.75, 3.05) is 26.2 Å². The van der Waals surface area contributed by atoms with Gasteiger partial charge in [0.25, 0.3) is 0 Å². The number of aryl methyl sites for hydroxylation is 1. The normalized spacial score (nSPS) is 15.8. The monoisotopic (exact) mass is 324 g/mol. The van der Waals surface area contributed by atoms with Crippen LogP contribution in [0, 0.1) is 6.92 Å². The largest absolute Gasteiger partial charge is 0.300 e. The molecule has 24 heavy (non-hydrogen) atoms. The molecule has 0 N–H and O–H groups in total. The summed E-state index contributed by atoms with van der Waals surface area (Å²) in [4.78, 5) is 7.08. The molecule has 130 valence electrons. The Hall–Kier alpha value is -1.93. The van der Waals surface area contributed by atoms with Crippen LogP contribution in [0.15, 0.2) is 60.6 Å². The Kier molecular flexibility index (Phi) is 10.5. The second-order valence-electron chi connectivity index (χ2n) is 5.93. The molecule has 1 fully saturated rings. The van der Waals surface area contributed by atoms with Crippen molar-refractivity contribution in [1.29, 1.82) is 0 Å². The molecule has 0 aliphatic carbocycles. The predicted molar refractivity (Wildman–Crippen MR) is 109 cm³/mol. The molecule has 0 amide bonds. The third kappa shape index (κ3) is 7.56. The van der Waals surface area contributed by atoms with Crippen molar-refractivity contribution in [3.05, 3.63) is 66.8 Å². The summed E-state index contributed by atoms with van der Waals surface area (Å²) < 4.78 is 0. The van der Waals surface area contributed by atoms with E-state index in [1.807, 2.05) is 12.3 Å². The molecule has 0 bridgehead atoms. The van der Waals surface area contributed by atoms with Gasteiger partial charge in [-0.2, -0.15) is 0 Å². The first-order chi connectivity index (χ1) is 11.8. The van der Waals surface area contributed by atoms with Crippen molar-refractivity contribution in [1.82, 2.24) is 4.90 Å². The van der Waals surface area contributed by atoms with Crippen LogP contribution >= 0.6 is 0 Å². The number of rotatable bonds is 7. The average molecular weight is 325 g/mol. The Balaban J connectivity index is 0.00000139. The van der Waals surface area contributed by atoms with Crippen molar-refractivity contribution < 1.29 is 0 Å². The maximum absolute atomic E-state index is 4.55. The zero-order chi connectivity index (χ0) is 17.6. The second-order valence-corrected chi connectivity index (χ2v) is 5.93. The standard InChI is InChI=1S/C20H28N2.C2H4/c1-3-4-5-13-21-17-20(12-16-22-14-6-7-15-22)19-10-8-18(2)9-11-19;1-2/h4-5,8-13H,3,6-7,14-17H2,1-2H3;1-2H2/b5-4-,20-12-,21-13?;. The van der Waals surface area contributed by atoms with Crippen LogP contribution in [0.25, 0.3) is 5.57 Å². The van der Waals surface area contributed by atoms with Crippen LogP contribution in [0.1, 0.15) is 37.3 Å². The summed E-state index contributed by atoms with van der Waals surface area (Å²) in [6.07, 6.45) is 12.2. The first kappa shape index (κ1) is 20.1. The highest BCUT2D eigenvalue weighted by Crippen LogP contribution is 2.17. The van der Waals surface area contributed by atoms with E-state index in [2.05, 4.69) is 73.3 Å². The molecular formula is C22H32N2. The predicted octanol–water partition coefficient (Wildman–Crippen LogP) is 5.31. The van der Waals surface area contributed by atoms with E-state index < -0.39 is 0 Å². The van der Waals surface area contributed by atoms with Gasteiger partial charge in [0, 0.05) is 12.8 Å². The molecule has 0 saturated carbocycles. The van der Waals surface area contributed by atoms with Crippen LogP contribution in [0.2, 0.25) is 0 Å². The molecule has 1 aromatic carbocycles. The molecule has 1 saturated heterocycles. The highest BCUT2D eigenvalue weighted by Gasteiger charge is 2.10. The number of hydrogen-bond donors (Lipinski definition) is 0. The van der Waals surface area contributed by atoms with Gasteiger partial charge in [-0.1, -0.05) is 48.9 Å². The Bertz CT molecular complexity index is 532. The number of allylic oxidation sites excluding steroid dienone is 2. The Morgan fingerprint density at radius 1 is 1.17 bits per heavy atom. The van der Waals surface area contributed by atoms with Gasteiger partial charge in [-0.05, 0) is 56.5 Å². The van der Waals surface area contributed by atoms with Gasteiger partial charge in [0.2, 0.25) is 0 Å². The molecule has 0 spiro atoms. The Morgan fingerprint density at radius 2 is 1.83 bits per heavy atom. The fourth-order valence-electron chi connectivity index (χ4n) is 2.65. The van der Waals surface area contributed by atoms with E-state index in [4.69, 9.17) is 0 Å². The lowest BCUT2D eigenvalue weighted by molar-refractivity contribution is 0.377. The SMILES string of the molecule is C=C.CC/C=C\C=NC/C(=C/CN1CCCC1)c1ccc(C)cc1. The van der Waals surface area contributed by atoms with Crippen LogP contribution in [0.3, 0.4) is 0 Å². The topological polar surface area (TPSA) is 15.6 Å². The van der Waals surface area contributed by atoms with Crippen molar-refractivity contribution in [3.63, 3.8) is 0 Å². The molecule has 1 aliphatic heterocycles. The summed E-state index contributed by atoms with van der Waals surface area (Å²) in [5, 5.41) is 0. The van der Waals surface area contributed by atoms with Gasteiger partial charge >= 0.3 is 0 Å². The fourth-order valence-corrected chi connectivity index (χ4v) is 2.65. The molecule has 0 unspecified atom stereocenters. The summed E-state index contributed by atoms with van der Waals surface area (Å²) in [5.74, 6) is 0. The minimum atomic E-state index is 0.755. The lowest BCUT2D eigenvalue weighted by Gasteiger charge is -2.13. The van der Waals surface area contributed by atoms with Crippen LogP contribution in [0.5, 0.6) is 0 Å². The molecule has 1 heterocycles. The minimum Gasteiger partial charge on any atom is -0.300 e. The van der Waals surface area contributed by atoms with E-state index in [0.29, 0.717) is 0 Å². The molecule has 0 radical (unpaired) electrons. The third-order valence-electron chi connectivity index (χ3n) is 4.04. The fraction of sp³-hybridized carbons (Fsp3) is 0.409. The molecule has 1 aliphatic rings. The van der Waals surface area contributed by atoms with Crippen molar-refractivity contribution in [2.24, 2.45) is 4.99 Å². The zero-order valence-corrected chi connectivity index (χ0v) is 15.4. The van der Waals surface area contributed by atoms with Gasteiger partial charge < -0.3 is 0 Å². The maximum Gasteiger partial charge on any atom is 0.0642 e. The number of aliphatic imine (C=N–C) groups is 1. The first-order valence-corrected chi connectivity index (χ1v) is 8.93. The summed E-state index contributed by atoms with van der Waals surface area (Å²) in [6.45, 7) is 14.5. The molecule has 2 heteroatoms. The lowest BCUT2D eigenvalue weighted by Crippen LogP contribution is -2.19. The van der Waals surface area contributed by atoms with Crippen molar-refractivity contribution in [3.8, 4) is 0 Å². The molecule has 2 nitrogen and oxygen atoms in total. The van der Waals surface area contributed by atoms with Gasteiger partial charge in [-0.25, -0.2) is 0 Å². The summed E-state index contributed by atoms with van der Waals surface area (Å²) in [5.41, 5.74) is 3.92. The van der Waals surface area contributed by atoms with Crippen molar-refractivity contribution >= 4 is 11.8 Å². The molecule has 0 atom stereocenters. The summed E-state index contributed by atoms with van der Waals surface area (Å²) in [6, 6.07) is 8.78. The highest BCUT2D eigenvalue weighted by atomic mass is 15.1. The van der Waals surface area contributed by atoms with E-state index in [-0.39, 0.29) is 0 Å². The van der Waals surface area contributed by atoms with Gasteiger partial charge in [0.05, 0.1) is 6.54 Å². The Labute approximate surface area is 148 Å². The maximum atomic E-state index is 4.55. The van der Waals surface area contributed by atoms with Crippen LogP contribution in [-0.2, 0) is 0 Å². The van der Waals surface area contributed by atoms with E-state index in [1.54, 1.807) is 0 Å². The minimum absolute atomic E-state index is 0.755. The lowest BCUT2D eigenvalue weighted by atomic mass is 10.0. The Morgan fingerprint density at radius 3 is 2.46 bits per heavy atom. The van der Waals surface area contributed by atoms with Gasteiger partial charge in [0.1, 0.15) is 0 Å². The number of benzene rings is 1. The van der Waals surface area contributed by atoms with Gasteiger partial charge in [0.15, 0.2) is 0 Å². The van der Waals surface area contributed by atoms with Gasteiger partial charge in [-0.15, -0.1) is 13.2 Å². The van der Waals surface area contributed by atoms with E-state index in [0.717, 1.165) is 19.5 Å². The summed E-state index contributed by atoms with van der Waals surface area (Å²) >= 11 is 0. The highest BCUT2D eigenvalue weighted by molar-refractivity contribution is 5.74. The molecule has 2 rings (SSSR count). The van der Waals surface area contributed by atoms with Crippen LogP contribution in [-0.4, -0.2) is 37.3 Å². The zero-order valence-electron chi connectivity index (χ0n) is 15.4. The molecular weight excluding hydrogens is 292 g/mol. The van der Waals surface area contributed by atoms with E-state index in [1.165, 1.54) is 42.6 Å². The first-order valence-electron chi connectivity index (χ1n) is 8.93. The third-order valence-corrected chi connectivity index (χ3v) is 4.04. The van der Waals surface area contributed by atoms with Crippen molar-refractivity contribution in [2.45, 2.75) is 33.1 Å². The number of hydrogen-bond acceptors (Lipinski definition) is 2. The van der Waals surface area contributed by atoms with Crippen LogP contribution < -0.4 is 0 Å². The smallest absolute Gasteiger partial charge is 0.0642 e. The second kappa shape index (κ2) is 12.5. The van der Waals surface area contributed by atoms with E-state index >= 15 is 0 Å². The average Bonchev–Trinajstić information content (AvgIpc) is 3.13. The number of likely N-dealkylation sites (tertiary alicyclic amines) is 1.